The van der Waals surface area contributed by atoms with E-state index in [2.05, 4.69) is 37.7 Å². The third-order valence-electron chi connectivity index (χ3n) is 3.30. The van der Waals surface area contributed by atoms with Crippen molar-refractivity contribution >= 4 is 12.2 Å². The third-order valence-corrected chi connectivity index (χ3v) is 3.61. The minimum atomic E-state index is 0.272. The fourth-order valence-electron chi connectivity index (χ4n) is 1.99. The van der Waals surface area contributed by atoms with Crippen molar-refractivity contribution in [2.45, 2.75) is 51.9 Å². The summed E-state index contributed by atoms with van der Waals surface area (Å²) in [6, 6.07) is 0. The lowest BCUT2D eigenvalue weighted by molar-refractivity contribution is 0.686. The lowest BCUT2D eigenvalue weighted by atomic mass is 10.0. The summed E-state index contributed by atoms with van der Waals surface area (Å²) >= 11 is 5.37. The van der Waals surface area contributed by atoms with Gasteiger partial charge in [0.25, 0.3) is 0 Å². The number of H-pyrrole nitrogens is 1. The summed E-state index contributed by atoms with van der Waals surface area (Å²) in [5, 5.41) is 0. The standard InChI is InChI=1S/C12H18N2S/c1-7(2)9-8(3)13-11(14-10(9)15)12(4)5-6-12/h7H,5-6H2,1-4H3,(H,13,14,15). The smallest absolute Gasteiger partial charge is 0.133 e. The molecule has 1 aromatic heterocycles. The summed E-state index contributed by atoms with van der Waals surface area (Å²) in [5.74, 6) is 1.52. The molecule has 0 spiro atoms. The first kappa shape index (κ1) is 10.8. The van der Waals surface area contributed by atoms with Crippen molar-refractivity contribution < 1.29 is 0 Å². The molecule has 0 amide bonds. The maximum atomic E-state index is 5.37. The maximum absolute atomic E-state index is 5.37. The Morgan fingerprint density at radius 1 is 1.40 bits per heavy atom. The molecule has 1 saturated carbocycles. The lowest BCUT2D eigenvalue weighted by Gasteiger charge is -2.14. The van der Waals surface area contributed by atoms with E-state index in [1.165, 1.54) is 24.1 Å². The van der Waals surface area contributed by atoms with E-state index in [1.54, 1.807) is 0 Å². The van der Waals surface area contributed by atoms with E-state index >= 15 is 0 Å². The monoisotopic (exact) mass is 222 g/mol. The first-order chi connectivity index (χ1) is 6.94. The number of aromatic nitrogens is 2. The van der Waals surface area contributed by atoms with Crippen LogP contribution in [-0.2, 0) is 5.41 Å². The molecule has 2 nitrogen and oxygen atoms in total. The highest BCUT2D eigenvalue weighted by atomic mass is 32.1. The quantitative estimate of drug-likeness (QED) is 0.774. The number of hydrogen-bond donors (Lipinski definition) is 1. The van der Waals surface area contributed by atoms with E-state index in [-0.39, 0.29) is 5.41 Å². The Morgan fingerprint density at radius 2 is 2.00 bits per heavy atom. The highest BCUT2D eigenvalue weighted by Crippen LogP contribution is 2.46. The van der Waals surface area contributed by atoms with Gasteiger partial charge in [-0.25, -0.2) is 4.98 Å². The van der Waals surface area contributed by atoms with Gasteiger partial charge in [0.15, 0.2) is 0 Å². The van der Waals surface area contributed by atoms with Gasteiger partial charge in [0, 0.05) is 16.7 Å². The molecule has 0 bridgehead atoms. The number of nitrogens with zero attached hydrogens (tertiary/aromatic N) is 1. The van der Waals surface area contributed by atoms with Crippen molar-refractivity contribution in [2.24, 2.45) is 0 Å². The molecule has 15 heavy (non-hydrogen) atoms. The van der Waals surface area contributed by atoms with Crippen LogP contribution in [0.15, 0.2) is 0 Å². The minimum absolute atomic E-state index is 0.272. The van der Waals surface area contributed by atoms with Crippen LogP contribution in [0, 0.1) is 11.6 Å². The zero-order valence-corrected chi connectivity index (χ0v) is 10.7. The first-order valence-corrected chi connectivity index (χ1v) is 5.96. The third kappa shape index (κ3) is 1.85. The van der Waals surface area contributed by atoms with Crippen LogP contribution in [0.5, 0.6) is 0 Å². The molecule has 3 heteroatoms. The van der Waals surface area contributed by atoms with Gasteiger partial charge in [-0.3, -0.25) is 0 Å². The Kier molecular flexibility index (Phi) is 2.45. The van der Waals surface area contributed by atoms with Crippen molar-refractivity contribution in [3.63, 3.8) is 0 Å². The zero-order chi connectivity index (χ0) is 11.2. The van der Waals surface area contributed by atoms with E-state index in [0.29, 0.717) is 5.92 Å². The molecule has 82 valence electrons. The summed E-state index contributed by atoms with van der Waals surface area (Å²) in [5.41, 5.74) is 2.65. The van der Waals surface area contributed by atoms with Gasteiger partial charge < -0.3 is 4.98 Å². The average Bonchev–Trinajstić information content (AvgIpc) is 2.82. The van der Waals surface area contributed by atoms with E-state index in [0.717, 1.165) is 10.5 Å². The van der Waals surface area contributed by atoms with Crippen LogP contribution in [0.2, 0.25) is 0 Å². The highest BCUT2D eigenvalue weighted by molar-refractivity contribution is 7.71. The Labute approximate surface area is 96.1 Å². The Bertz CT molecular complexity index is 441. The van der Waals surface area contributed by atoms with Crippen LogP contribution in [0.4, 0.5) is 0 Å². The van der Waals surface area contributed by atoms with E-state index in [9.17, 15) is 0 Å². The number of hydrogen-bond acceptors (Lipinski definition) is 2. The zero-order valence-electron chi connectivity index (χ0n) is 9.85. The molecule has 2 rings (SSSR count). The van der Waals surface area contributed by atoms with Gasteiger partial charge >= 0.3 is 0 Å². The topological polar surface area (TPSA) is 28.7 Å². The van der Waals surface area contributed by atoms with Crippen LogP contribution in [0.1, 0.15) is 56.6 Å². The normalized spacial score (nSPS) is 18.2. The molecule has 1 N–H and O–H groups in total. The number of rotatable bonds is 2. The van der Waals surface area contributed by atoms with Gasteiger partial charge in [-0.15, -0.1) is 0 Å². The number of aromatic amines is 1. The maximum Gasteiger partial charge on any atom is 0.133 e. The SMILES string of the molecule is Cc1[nH]c(C2(C)CC2)nc(=S)c1C(C)C. The summed E-state index contributed by atoms with van der Waals surface area (Å²) in [6.45, 7) is 8.66. The molecule has 0 aliphatic heterocycles. The molecular weight excluding hydrogens is 204 g/mol. The summed E-state index contributed by atoms with van der Waals surface area (Å²) in [7, 11) is 0. The van der Waals surface area contributed by atoms with Gasteiger partial charge in [-0.05, 0) is 25.7 Å². The molecule has 1 aliphatic rings. The predicted octanol–water partition coefficient (Wildman–Crippen LogP) is 3.62. The Balaban J connectivity index is 2.53. The second-order valence-corrected chi connectivity index (χ2v) is 5.53. The molecule has 0 atom stereocenters. The van der Waals surface area contributed by atoms with Crippen molar-refractivity contribution in [2.75, 3.05) is 0 Å². The Morgan fingerprint density at radius 3 is 2.40 bits per heavy atom. The lowest BCUT2D eigenvalue weighted by Crippen LogP contribution is -2.11. The fourth-order valence-corrected chi connectivity index (χ4v) is 2.47. The molecule has 1 heterocycles. The summed E-state index contributed by atoms with van der Waals surface area (Å²) < 4.78 is 0.782. The van der Waals surface area contributed by atoms with Crippen LogP contribution >= 0.6 is 12.2 Å². The molecule has 1 fully saturated rings. The average molecular weight is 222 g/mol. The molecular formula is C12H18N2S. The minimum Gasteiger partial charge on any atom is -0.347 e. The largest absolute Gasteiger partial charge is 0.347 e. The predicted molar refractivity (Wildman–Crippen MR) is 64.8 cm³/mol. The van der Waals surface area contributed by atoms with Crippen LogP contribution < -0.4 is 0 Å². The number of nitrogens with one attached hydrogen (secondary N) is 1. The first-order valence-electron chi connectivity index (χ1n) is 5.55. The van der Waals surface area contributed by atoms with E-state index < -0.39 is 0 Å². The highest BCUT2D eigenvalue weighted by Gasteiger charge is 2.41. The Hall–Kier alpha value is -0.700. The van der Waals surface area contributed by atoms with Crippen LogP contribution in [-0.4, -0.2) is 9.97 Å². The van der Waals surface area contributed by atoms with Crippen molar-refractivity contribution in [1.29, 1.82) is 0 Å². The van der Waals surface area contributed by atoms with Gasteiger partial charge in [0.2, 0.25) is 0 Å². The van der Waals surface area contributed by atoms with Gasteiger partial charge in [-0.2, -0.15) is 0 Å². The molecule has 0 saturated heterocycles. The fraction of sp³-hybridized carbons (Fsp3) is 0.667. The van der Waals surface area contributed by atoms with Crippen LogP contribution in [0.25, 0.3) is 0 Å². The summed E-state index contributed by atoms with van der Waals surface area (Å²) in [6.07, 6.45) is 2.46. The van der Waals surface area contributed by atoms with Gasteiger partial charge in [0.1, 0.15) is 10.5 Å². The molecule has 0 radical (unpaired) electrons. The van der Waals surface area contributed by atoms with Crippen LogP contribution in [0.3, 0.4) is 0 Å². The molecule has 1 aromatic rings. The van der Waals surface area contributed by atoms with Gasteiger partial charge in [-0.1, -0.05) is 33.0 Å². The second-order valence-electron chi connectivity index (χ2n) is 5.14. The summed E-state index contributed by atoms with van der Waals surface area (Å²) in [4.78, 5) is 7.97. The van der Waals surface area contributed by atoms with Gasteiger partial charge in [0.05, 0.1) is 0 Å². The van der Waals surface area contributed by atoms with E-state index in [1.807, 2.05) is 0 Å². The number of aryl methyl sites for hydroxylation is 1. The molecule has 0 aromatic carbocycles. The second kappa shape index (κ2) is 3.41. The van der Waals surface area contributed by atoms with Crippen molar-refractivity contribution in [1.82, 2.24) is 9.97 Å². The van der Waals surface area contributed by atoms with Crippen molar-refractivity contribution in [3.05, 3.63) is 21.7 Å². The van der Waals surface area contributed by atoms with E-state index in [4.69, 9.17) is 12.2 Å². The van der Waals surface area contributed by atoms with Crippen molar-refractivity contribution in [3.8, 4) is 0 Å². The molecule has 0 unspecified atom stereocenters. The molecule has 1 aliphatic carbocycles.